The zero-order valence-electron chi connectivity index (χ0n) is 12.0. The Morgan fingerprint density at radius 1 is 1.41 bits per heavy atom. The fraction of sp³-hybridized carbons (Fsp3) is 0.286. The van der Waals surface area contributed by atoms with Crippen LogP contribution in [0.2, 0.25) is 0 Å². The van der Waals surface area contributed by atoms with Crippen LogP contribution in [-0.4, -0.2) is 28.4 Å². The second kappa shape index (κ2) is 8.36. The van der Waals surface area contributed by atoms with Crippen LogP contribution in [0.1, 0.15) is 18.9 Å². The maximum atomic E-state index is 11.9. The lowest BCUT2D eigenvalue weighted by atomic mass is 10.2. The summed E-state index contributed by atoms with van der Waals surface area (Å²) < 4.78 is 0.834. The van der Waals surface area contributed by atoms with Gasteiger partial charge in [-0.15, -0.1) is 10.2 Å². The van der Waals surface area contributed by atoms with Gasteiger partial charge in [0, 0.05) is 18.7 Å². The highest BCUT2D eigenvalue weighted by atomic mass is 32.2. The molecule has 1 heterocycles. The second-order valence-electron chi connectivity index (χ2n) is 4.21. The van der Waals surface area contributed by atoms with E-state index in [0.717, 1.165) is 16.0 Å². The van der Waals surface area contributed by atoms with E-state index >= 15 is 0 Å². The number of hydrogen-bond donors (Lipinski definition) is 2. The molecule has 2 aromatic rings. The van der Waals surface area contributed by atoms with Crippen LogP contribution in [-0.2, 0) is 4.79 Å². The molecule has 2 rings (SSSR count). The van der Waals surface area contributed by atoms with Crippen molar-refractivity contribution in [3.05, 3.63) is 29.8 Å². The van der Waals surface area contributed by atoms with Gasteiger partial charge < -0.3 is 10.6 Å². The summed E-state index contributed by atoms with van der Waals surface area (Å²) in [6.07, 6.45) is 0.348. The van der Waals surface area contributed by atoms with Crippen LogP contribution in [0.15, 0.2) is 28.6 Å². The molecular formula is C14H15N5OS2. The number of benzene rings is 1. The van der Waals surface area contributed by atoms with Gasteiger partial charge in [-0.2, -0.15) is 5.26 Å². The summed E-state index contributed by atoms with van der Waals surface area (Å²) in [5.74, 6) is 0.494. The van der Waals surface area contributed by atoms with E-state index in [-0.39, 0.29) is 5.91 Å². The van der Waals surface area contributed by atoms with Gasteiger partial charge in [-0.3, -0.25) is 4.79 Å². The minimum atomic E-state index is -0.119. The van der Waals surface area contributed by atoms with Gasteiger partial charge in [0.15, 0.2) is 4.34 Å². The smallest absolute Gasteiger partial charge is 0.225 e. The molecule has 0 spiro atoms. The molecule has 0 saturated heterocycles. The van der Waals surface area contributed by atoms with E-state index in [9.17, 15) is 4.79 Å². The molecule has 0 fully saturated rings. The third-order valence-electron chi connectivity index (χ3n) is 2.61. The second-order valence-corrected chi connectivity index (χ2v) is 6.53. The lowest BCUT2D eigenvalue weighted by Gasteiger charge is -2.05. The summed E-state index contributed by atoms with van der Waals surface area (Å²) in [7, 11) is 0. The summed E-state index contributed by atoms with van der Waals surface area (Å²) in [6.45, 7) is 2.80. The molecule has 6 nitrogen and oxygen atoms in total. The Bertz CT molecular complexity index is 680. The van der Waals surface area contributed by atoms with Crippen LogP contribution in [0, 0.1) is 11.3 Å². The van der Waals surface area contributed by atoms with E-state index in [1.165, 1.54) is 23.1 Å². The number of para-hydroxylation sites is 1. The van der Waals surface area contributed by atoms with Crippen molar-refractivity contribution < 1.29 is 4.79 Å². The van der Waals surface area contributed by atoms with Crippen molar-refractivity contribution in [2.45, 2.75) is 17.7 Å². The number of nitrogens with one attached hydrogen (secondary N) is 2. The zero-order chi connectivity index (χ0) is 15.8. The van der Waals surface area contributed by atoms with Crippen molar-refractivity contribution in [3.63, 3.8) is 0 Å². The number of amides is 1. The molecule has 2 N–H and O–H groups in total. The minimum Gasteiger partial charge on any atom is -0.360 e. The number of rotatable bonds is 7. The van der Waals surface area contributed by atoms with Gasteiger partial charge in [0.1, 0.15) is 6.07 Å². The minimum absolute atomic E-state index is 0.119. The van der Waals surface area contributed by atoms with Crippen LogP contribution in [0.25, 0.3) is 0 Å². The van der Waals surface area contributed by atoms with Gasteiger partial charge in [-0.1, -0.05) is 35.2 Å². The third kappa shape index (κ3) is 4.72. The van der Waals surface area contributed by atoms with Gasteiger partial charge in [0.05, 0.1) is 11.3 Å². The molecule has 1 aromatic heterocycles. The molecule has 0 radical (unpaired) electrons. The van der Waals surface area contributed by atoms with Crippen molar-refractivity contribution in [2.75, 3.05) is 22.9 Å². The van der Waals surface area contributed by atoms with E-state index in [0.29, 0.717) is 23.4 Å². The topological polar surface area (TPSA) is 90.7 Å². The SMILES string of the molecule is CCNc1nnc(SCCC(=O)Nc2ccccc2C#N)s1. The predicted octanol–water partition coefficient (Wildman–Crippen LogP) is 2.96. The summed E-state index contributed by atoms with van der Waals surface area (Å²) in [5, 5.41) is 23.6. The van der Waals surface area contributed by atoms with E-state index < -0.39 is 0 Å². The van der Waals surface area contributed by atoms with E-state index in [1.54, 1.807) is 24.3 Å². The Hall–Kier alpha value is -2.11. The maximum absolute atomic E-state index is 11.9. The first kappa shape index (κ1) is 16.3. The molecule has 0 bridgehead atoms. The highest BCUT2D eigenvalue weighted by molar-refractivity contribution is 8.01. The average molecular weight is 333 g/mol. The van der Waals surface area contributed by atoms with Gasteiger partial charge >= 0.3 is 0 Å². The number of carbonyl (C=O) groups excluding carboxylic acids is 1. The van der Waals surface area contributed by atoms with Gasteiger partial charge in [-0.05, 0) is 19.1 Å². The molecule has 0 saturated carbocycles. The molecule has 22 heavy (non-hydrogen) atoms. The maximum Gasteiger partial charge on any atom is 0.225 e. The lowest BCUT2D eigenvalue weighted by molar-refractivity contribution is -0.115. The Labute approximate surface area is 137 Å². The van der Waals surface area contributed by atoms with Gasteiger partial charge in [-0.25, -0.2) is 0 Å². The van der Waals surface area contributed by atoms with Crippen LogP contribution < -0.4 is 10.6 Å². The number of carbonyl (C=O) groups is 1. The normalized spacial score (nSPS) is 10.0. The number of hydrogen-bond acceptors (Lipinski definition) is 7. The predicted molar refractivity (Wildman–Crippen MR) is 89.2 cm³/mol. The monoisotopic (exact) mass is 333 g/mol. The zero-order valence-corrected chi connectivity index (χ0v) is 13.6. The Kier molecular flexibility index (Phi) is 6.18. The Morgan fingerprint density at radius 3 is 3.00 bits per heavy atom. The van der Waals surface area contributed by atoms with Crippen molar-refractivity contribution in [1.29, 1.82) is 5.26 Å². The first-order chi connectivity index (χ1) is 10.7. The molecule has 1 amide bonds. The van der Waals surface area contributed by atoms with Gasteiger partial charge in [0.25, 0.3) is 0 Å². The molecule has 0 aliphatic rings. The van der Waals surface area contributed by atoms with E-state index in [1.807, 2.05) is 6.92 Å². The summed E-state index contributed by atoms with van der Waals surface area (Å²) >= 11 is 2.97. The molecule has 8 heteroatoms. The average Bonchev–Trinajstić information content (AvgIpc) is 2.96. The number of nitrogens with zero attached hydrogens (tertiary/aromatic N) is 3. The van der Waals surface area contributed by atoms with Crippen molar-refractivity contribution in [3.8, 4) is 6.07 Å². The van der Waals surface area contributed by atoms with Crippen LogP contribution in [0.4, 0.5) is 10.8 Å². The molecule has 0 aliphatic carbocycles. The van der Waals surface area contributed by atoms with E-state index in [4.69, 9.17) is 5.26 Å². The molecule has 0 aliphatic heterocycles. The molecular weight excluding hydrogens is 318 g/mol. The van der Waals surface area contributed by atoms with Crippen LogP contribution >= 0.6 is 23.1 Å². The Balaban J connectivity index is 1.79. The van der Waals surface area contributed by atoms with Crippen LogP contribution in [0.3, 0.4) is 0 Å². The summed E-state index contributed by atoms with van der Waals surface area (Å²) in [4.78, 5) is 11.9. The Morgan fingerprint density at radius 2 is 2.23 bits per heavy atom. The molecule has 114 valence electrons. The highest BCUT2D eigenvalue weighted by Gasteiger charge is 2.08. The summed E-state index contributed by atoms with van der Waals surface area (Å²) in [5.41, 5.74) is 1.01. The highest BCUT2D eigenvalue weighted by Crippen LogP contribution is 2.25. The number of thioether (sulfide) groups is 1. The van der Waals surface area contributed by atoms with E-state index in [2.05, 4.69) is 26.9 Å². The third-order valence-corrected chi connectivity index (χ3v) is 4.63. The standard InChI is InChI=1S/C14H15N5OS2/c1-2-16-13-18-19-14(22-13)21-8-7-12(20)17-11-6-4-3-5-10(11)9-15/h3-6H,2,7-8H2,1H3,(H,16,18)(H,17,20). The fourth-order valence-corrected chi connectivity index (χ4v) is 3.45. The number of nitriles is 1. The molecule has 0 unspecified atom stereocenters. The van der Waals surface area contributed by atoms with Crippen molar-refractivity contribution in [1.82, 2.24) is 10.2 Å². The summed E-state index contributed by atoms with van der Waals surface area (Å²) in [6, 6.07) is 9.00. The van der Waals surface area contributed by atoms with Crippen molar-refractivity contribution >= 4 is 39.8 Å². The molecule has 0 atom stereocenters. The quantitative estimate of drug-likeness (QED) is 0.757. The van der Waals surface area contributed by atoms with Gasteiger partial charge in [0.2, 0.25) is 11.0 Å². The first-order valence-electron chi connectivity index (χ1n) is 6.72. The fourth-order valence-electron chi connectivity index (χ4n) is 1.62. The first-order valence-corrected chi connectivity index (χ1v) is 8.52. The molecule has 1 aromatic carbocycles. The van der Waals surface area contributed by atoms with Crippen LogP contribution in [0.5, 0.6) is 0 Å². The number of aromatic nitrogens is 2. The largest absolute Gasteiger partial charge is 0.360 e. The number of anilines is 2. The lowest BCUT2D eigenvalue weighted by Crippen LogP contribution is -2.13. The van der Waals surface area contributed by atoms with Crippen molar-refractivity contribution in [2.24, 2.45) is 0 Å².